The molecule has 0 unspecified atom stereocenters. The maximum Gasteiger partial charge on any atom is 0.344 e. The van der Waals surface area contributed by atoms with Gasteiger partial charge in [0.25, 0.3) is 11.8 Å². The van der Waals surface area contributed by atoms with E-state index >= 15 is 0 Å². The Bertz CT molecular complexity index is 1280. The lowest BCUT2D eigenvalue weighted by Gasteiger charge is -2.29. The maximum atomic E-state index is 13.3. The Hall–Kier alpha value is -3.77. The fourth-order valence-corrected chi connectivity index (χ4v) is 4.10. The van der Waals surface area contributed by atoms with Gasteiger partial charge in [0.15, 0.2) is 23.2 Å². The summed E-state index contributed by atoms with van der Waals surface area (Å²) in [4.78, 5) is 50.0. The zero-order valence-electron chi connectivity index (χ0n) is 19.2. The van der Waals surface area contributed by atoms with Crippen LogP contribution in [-0.2, 0) is 19.1 Å². The van der Waals surface area contributed by atoms with Crippen LogP contribution in [-0.4, -0.2) is 53.8 Å². The monoisotopic (exact) mass is 576 g/mol. The van der Waals surface area contributed by atoms with Crippen molar-refractivity contribution >= 4 is 68.8 Å². The maximum absolute atomic E-state index is 13.3. The summed E-state index contributed by atoms with van der Waals surface area (Å²) < 4.78 is 16.5. The Kier molecular flexibility index (Phi) is 8.78. The van der Waals surface area contributed by atoms with Crippen molar-refractivity contribution in [2.45, 2.75) is 13.8 Å². The molecule has 2 N–H and O–H groups in total. The number of carboxylic acids is 1. The number of anilines is 1. The van der Waals surface area contributed by atoms with Crippen molar-refractivity contribution < 1.29 is 38.5 Å². The average molecular weight is 577 g/mol. The van der Waals surface area contributed by atoms with Crippen molar-refractivity contribution in [1.29, 1.82) is 0 Å². The zero-order chi connectivity index (χ0) is 26.4. The van der Waals surface area contributed by atoms with Gasteiger partial charge in [-0.1, -0.05) is 6.07 Å². The highest BCUT2D eigenvalue weighted by molar-refractivity contribution is 9.10. The first kappa shape index (κ1) is 26.8. The fraction of sp³-hybridized carbons (Fsp3) is 0.208. The van der Waals surface area contributed by atoms with E-state index in [1.54, 1.807) is 26.0 Å². The Balaban J connectivity index is 1.98. The predicted molar refractivity (Wildman–Crippen MR) is 137 cm³/mol. The van der Waals surface area contributed by atoms with Crippen LogP contribution in [0, 0.1) is 0 Å². The quantitative estimate of drug-likeness (QED) is 0.199. The second-order valence-corrected chi connectivity index (χ2v) is 8.41. The lowest BCUT2D eigenvalue weighted by Crippen LogP contribution is -2.54. The molecule has 1 aliphatic rings. The van der Waals surface area contributed by atoms with Gasteiger partial charge in [0.05, 0.1) is 28.9 Å². The van der Waals surface area contributed by atoms with Gasteiger partial charge in [-0.3, -0.25) is 19.8 Å². The fourth-order valence-electron chi connectivity index (χ4n) is 3.24. The Morgan fingerprint density at radius 1 is 1.14 bits per heavy atom. The van der Waals surface area contributed by atoms with E-state index < -0.39 is 23.8 Å². The van der Waals surface area contributed by atoms with Crippen LogP contribution < -0.4 is 19.7 Å². The number of hydrogen-bond acceptors (Lipinski definition) is 8. The molecule has 3 rings (SSSR count). The Morgan fingerprint density at radius 2 is 1.89 bits per heavy atom. The molecule has 188 valence electrons. The first-order valence-corrected chi connectivity index (χ1v) is 11.9. The third kappa shape index (κ3) is 6.07. The van der Waals surface area contributed by atoms with Gasteiger partial charge >= 0.3 is 11.9 Å². The smallest absolute Gasteiger partial charge is 0.344 e. The summed E-state index contributed by atoms with van der Waals surface area (Å²) in [5, 5.41) is 11.5. The third-order valence-electron chi connectivity index (χ3n) is 4.74. The molecule has 1 fully saturated rings. The normalized spacial score (nSPS) is 14.5. The van der Waals surface area contributed by atoms with E-state index in [1.165, 1.54) is 30.3 Å². The molecule has 0 aromatic heterocycles. The zero-order valence-corrected chi connectivity index (χ0v) is 21.6. The molecule has 2 aromatic rings. The van der Waals surface area contributed by atoms with Gasteiger partial charge < -0.3 is 19.3 Å². The Morgan fingerprint density at radius 3 is 2.56 bits per heavy atom. The van der Waals surface area contributed by atoms with E-state index in [0.717, 1.165) is 4.90 Å². The van der Waals surface area contributed by atoms with E-state index in [-0.39, 0.29) is 53.3 Å². The number of esters is 1. The van der Waals surface area contributed by atoms with Crippen molar-refractivity contribution in [2.24, 2.45) is 0 Å². The van der Waals surface area contributed by atoms with Crippen LogP contribution in [0.25, 0.3) is 6.08 Å². The molecular formula is C24H21BrN2O8S. The highest BCUT2D eigenvalue weighted by Gasteiger charge is 2.35. The molecule has 2 aromatic carbocycles. The molecule has 0 bridgehead atoms. The molecule has 0 radical (unpaired) electrons. The molecule has 1 saturated heterocycles. The van der Waals surface area contributed by atoms with Crippen LogP contribution >= 0.6 is 28.1 Å². The molecule has 36 heavy (non-hydrogen) atoms. The van der Waals surface area contributed by atoms with E-state index in [2.05, 4.69) is 21.2 Å². The first-order chi connectivity index (χ1) is 17.2. The van der Waals surface area contributed by atoms with Crippen molar-refractivity contribution in [3.05, 3.63) is 57.6 Å². The Labute approximate surface area is 219 Å². The number of nitrogens with zero attached hydrogens (tertiary/aromatic N) is 1. The van der Waals surface area contributed by atoms with Crippen LogP contribution in [0.1, 0.15) is 29.8 Å². The SMILES string of the molecule is CCOC(=O)COc1c(Br)cc(C=C2C(=O)NC(=S)N(c3cccc(C(=O)O)c3)C2=O)cc1OCC. The van der Waals surface area contributed by atoms with Crippen molar-refractivity contribution in [3.8, 4) is 11.5 Å². The van der Waals surface area contributed by atoms with Gasteiger partial charge in [0.2, 0.25) is 0 Å². The predicted octanol–water partition coefficient (Wildman–Crippen LogP) is 3.32. The number of aromatic carboxylic acids is 1. The summed E-state index contributed by atoms with van der Waals surface area (Å²) in [6, 6.07) is 8.75. The first-order valence-electron chi connectivity index (χ1n) is 10.7. The number of thiocarbonyl (C=S) groups is 1. The molecular weight excluding hydrogens is 556 g/mol. The standard InChI is InChI=1S/C24H21BrN2O8S/c1-3-33-18-10-13(9-17(25)20(18)35-12-19(28)34-4-2)8-16-21(29)26-24(36)27(22(16)30)15-7-5-6-14(11-15)23(31)32/h5-11H,3-4,12H2,1-2H3,(H,31,32)(H,26,29,36). The highest BCUT2D eigenvalue weighted by atomic mass is 79.9. The minimum Gasteiger partial charge on any atom is -0.490 e. The summed E-state index contributed by atoms with van der Waals surface area (Å²) in [7, 11) is 0. The summed E-state index contributed by atoms with van der Waals surface area (Å²) in [6.07, 6.45) is 1.34. The molecule has 1 aliphatic heterocycles. The molecule has 0 saturated carbocycles. The van der Waals surface area contributed by atoms with Crippen LogP contribution in [0.15, 0.2) is 46.4 Å². The lowest BCUT2D eigenvalue weighted by molar-refractivity contribution is -0.145. The van der Waals surface area contributed by atoms with Gasteiger partial charge in [0, 0.05) is 0 Å². The number of nitrogens with one attached hydrogen (secondary N) is 1. The molecule has 0 spiro atoms. The minimum absolute atomic E-state index is 0.0470. The number of benzene rings is 2. The number of ether oxygens (including phenoxy) is 3. The van der Waals surface area contributed by atoms with Crippen molar-refractivity contribution in [2.75, 3.05) is 24.7 Å². The topological polar surface area (TPSA) is 131 Å². The number of carboxylic acid groups (broad SMARTS) is 1. The molecule has 12 heteroatoms. The number of amides is 2. The van der Waals surface area contributed by atoms with Crippen molar-refractivity contribution in [3.63, 3.8) is 0 Å². The number of carbonyl (C=O) groups excluding carboxylic acids is 3. The number of rotatable bonds is 9. The van der Waals surface area contributed by atoms with Gasteiger partial charge in [-0.15, -0.1) is 0 Å². The van der Waals surface area contributed by atoms with E-state index in [1.807, 2.05) is 0 Å². The summed E-state index contributed by atoms with van der Waals surface area (Å²) in [5.74, 6) is -2.65. The van der Waals surface area contributed by atoms with E-state index in [4.69, 9.17) is 26.4 Å². The van der Waals surface area contributed by atoms with Crippen LogP contribution in [0.2, 0.25) is 0 Å². The molecule has 2 amide bonds. The summed E-state index contributed by atoms with van der Waals surface area (Å²) in [6.45, 7) is 3.60. The van der Waals surface area contributed by atoms with E-state index in [9.17, 15) is 24.3 Å². The lowest BCUT2D eigenvalue weighted by atomic mass is 10.1. The van der Waals surface area contributed by atoms with Gasteiger partial charge in [-0.05, 0) is 84.0 Å². The summed E-state index contributed by atoms with van der Waals surface area (Å²) >= 11 is 8.54. The number of halogens is 1. The largest absolute Gasteiger partial charge is 0.490 e. The summed E-state index contributed by atoms with van der Waals surface area (Å²) in [5.41, 5.74) is 0.321. The van der Waals surface area contributed by atoms with E-state index in [0.29, 0.717) is 10.0 Å². The van der Waals surface area contributed by atoms with Crippen LogP contribution in [0.3, 0.4) is 0 Å². The highest BCUT2D eigenvalue weighted by Crippen LogP contribution is 2.38. The van der Waals surface area contributed by atoms with Gasteiger partial charge in [-0.2, -0.15) is 0 Å². The minimum atomic E-state index is -1.18. The second kappa shape index (κ2) is 11.8. The average Bonchev–Trinajstić information content (AvgIpc) is 2.81. The third-order valence-corrected chi connectivity index (χ3v) is 5.61. The molecule has 0 atom stereocenters. The van der Waals surface area contributed by atoms with Gasteiger partial charge in [-0.25, -0.2) is 9.59 Å². The molecule has 10 nitrogen and oxygen atoms in total. The molecule has 1 heterocycles. The number of carbonyl (C=O) groups is 4. The van der Waals surface area contributed by atoms with Crippen molar-refractivity contribution in [1.82, 2.24) is 5.32 Å². The second-order valence-electron chi connectivity index (χ2n) is 7.17. The van der Waals surface area contributed by atoms with Crippen LogP contribution in [0.4, 0.5) is 5.69 Å². The van der Waals surface area contributed by atoms with Gasteiger partial charge in [0.1, 0.15) is 5.57 Å². The molecule has 0 aliphatic carbocycles. The van der Waals surface area contributed by atoms with Crippen LogP contribution in [0.5, 0.6) is 11.5 Å². The number of hydrogen-bond donors (Lipinski definition) is 2.